The number of H-pyrrole nitrogens is 1. The zero-order chi connectivity index (χ0) is 24.2. The number of benzene rings is 2. The van der Waals surface area contributed by atoms with Gasteiger partial charge in [0.15, 0.2) is 11.5 Å². The van der Waals surface area contributed by atoms with Crippen molar-refractivity contribution < 1.29 is 42.0 Å². The highest BCUT2D eigenvalue weighted by Crippen LogP contribution is 2.41. The number of ether oxygens (including phenoxy) is 4. The van der Waals surface area contributed by atoms with Crippen molar-refractivity contribution in [3.63, 3.8) is 0 Å². The van der Waals surface area contributed by atoms with E-state index in [2.05, 4.69) is 10.3 Å². The molecule has 0 saturated heterocycles. The SMILES string of the molecule is COc1cc(OC)c2cc(C(=O)NCC(O)COc3cccc(C(F)(F)F)c3)[nH]c2c1OC. The van der Waals surface area contributed by atoms with Crippen LogP contribution in [0.3, 0.4) is 0 Å². The minimum Gasteiger partial charge on any atom is -0.496 e. The fourth-order valence-corrected chi connectivity index (χ4v) is 3.18. The number of carbonyl (C=O) groups is 1. The molecule has 33 heavy (non-hydrogen) atoms. The minimum absolute atomic E-state index is 0.0426. The van der Waals surface area contributed by atoms with Gasteiger partial charge in [-0.05, 0) is 24.3 Å². The van der Waals surface area contributed by atoms with Crippen molar-refractivity contribution in [2.75, 3.05) is 34.5 Å². The van der Waals surface area contributed by atoms with Gasteiger partial charge in [0.1, 0.15) is 29.9 Å². The van der Waals surface area contributed by atoms with Gasteiger partial charge in [-0.15, -0.1) is 0 Å². The summed E-state index contributed by atoms with van der Waals surface area (Å²) in [6.07, 6.45) is -5.65. The molecule has 0 saturated carbocycles. The topological polar surface area (TPSA) is 102 Å². The first-order valence-electron chi connectivity index (χ1n) is 9.76. The predicted octanol–water partition coefficient (Wildman–Crippen LogP) is 3.38. The molecule has 0 aliphatic rings. The highest BCUT2D eigenvalue weighted by atomic mass is 19.4. The molecule has 0 bridgehead atoms. The quantitative estimate of drug-likeness (QED) is 0.445. The summed E-state index contributed by atoms with van der Waals surface area (Å²) in [5.74, 6) is 0.707. The summed E-state index contributed by atoms with van der Waals surface area (Å²) in [6.45, 7) is -0.502. The van der Waals surface area contributed by atoms with E-state index in [0.29, 0.717) is 28.2 Å². The molecule has 0 spiro atoms. The lowest BCUT2D eigenvalue weighted by molar-refractivity contribution is -0.137. The number of carbonyl (C=O) groups excluding carboxylic acids is 1. The zero-order valence-electron chi connectivity index (χ0n) is 18.1. The molecule has 3 N–H and O–H groups in total. The van der Waals surface area contributed by atoms with E-state index >= 15 is 0 Å². The molecule has 3 aromatic rings. The van der Waals surface area contributed by atoms with Crippen LogP contribution in [-0.4, -0.2) is 56.6 Å². The van der Waals surface area contributed by atoms with Crippen molar-refractivity contribution >= 4 is 16.8 Å². The normalized spacial score (nSPS) is 12.3. The zero-order valence-corrected chi connectivity index (χ0v) is 18.1. The number of halogens is 3. The molecule has 0 radical (unpaired) electrons. The average Bonchev–Trinajstić information content (AvgIpc) is 3.25. The van der Waals surface area contributed by atoms with E-state index in [1.54, 1.807) is 12.1 Å². The maximum absolute atomic E-state index is 12.8. The van der Waals surface area contributed by atoms with Crippen molar-refractivity contribution in [2.24, 2.45) is 0 Å². The largest absolute Gasteiger partial charge is 0.496 e. The highest BCUT2D eigenvalue weighted by molar-refractivity contribution is 6.02. The number of amides is 1. The molecule has 1 amide bonds. The number of aromatic nitrogens is 1. The van der Waals surface area contributed by atoms with Gasteiger partial charge in [0.2, 0.25) is 0 Å². The monoisotopic (exact) mass is 468 g/mol. The maximum atomic E-state index is 12.8. The Morgan fingerprint density at radius 3 is 2.45 bits per heavy atom. The Labute approximate surface area is 187 Å². The number of rotatable bonds is 9. The lowest BCUT2D eigenvalue weighted by atomic mass is 10.2. The lowest BCUT2D eigenvalue weighted by Crippen LogP contribution is -2.35. The van der Waals surface area contributed by atoms with Gasteiger partial charge >= 0.3 is 6.18 Å². The number of aliphatic hydroxyl groups is 1. The van der Waals surface area contributed by atoms with Gasteiger partial charge in [-0.25, -0.2) is 0 Å². The molecule has 1 heterocycles. The van der Waals surface area contributed by atoms with Crippen LogP contribution in [0, 0.1) is 0 Å². The summed E-state index contributed by atoms with van der Waals surface area (Å²) in [5.41, 5.74) is -0.183. The van der Waals surface area contributed by atoms with Gasteiger partial charge in [0.05, 0.1) is 32.4 Å². The third-order valence-electron chi connectivity index (χ3n) is 4.79. The van der Waals surface area contributed by atoms with Crippen LogP contribution in [0.5, 0.6) is 23.0 Å². The average molecular weight is 468 g/mol. The van der Waals surface area contributed by atoms with E-state index in [1.807, 2.05) is 0 Å². The number of alkyl halides is 3. The number of aliphatic hydroxyl groups excluding tert-OH is 1. The second kappa shape index (κ2) is 9.90. The third kappa shape index (κ3) is 5.43. The van der Waals surface area contributed by atoms with Crippen LogP contribution in [0.15, 0.2) is 36.4 Å². The molecule has 1 unspecified atom stereocenters. The van der Waals surface area contributed by atoms with Gasteiger partial charge in [0, 0.05) is 18.0 Å². The van der Waals surface area contributed by atoms with E-state index < -0.39 is 23.8 Å². The second-order valence-electron chi connectivity index (χ2n) is 6.99. The molecular weight excluding hydrogens is 445 g/mol. The summed E-state index contributed by atoms with van der Waals surface area (Å²) in [6, 6.07) is 7.51. The Bertz CT molecular complexity index is 1130. The molecule has 8 nitrogen and oxygen atoms in total. The molecule has 1 aromatic heterocycles. The van der Waals surface area contributed by atoms with E-state index in [-0.39, 0.29) is 24.6 Å². The van der Waals surface area contributed by atoms with Crippen LogP contribution in [0.25, 0.3) is 10.9 Å². The van der Waals surface area contributed by atoms with Gasteiger partial charge in [-0.1, -0.05) is 6.07 Å². The van der Waals surface area contributed by atoms with Gasteiger partial charge in [-0.3, -0.25) is 4.79 Å². The van der Waals surface area contributed by atoms with Crippen molar-refractivity contribution in [3.8, 4) is 23.0 Å². The van der Waals surface area contributed by atoms with E-state index in [0.717, 1.165) is 12.1 Å². The van der Waals surface area contributed by atoms with Gasteiger partial charge < -0.3 is 34.4 Å². The van der Waals surface area contributed by atoms with E-state index in [1.165, 1.54) is 33.5 Å². The van der Waals surface area contributed by atoms with Crippen molar-refractivity contribution in [2.45, 2.75) is 12.3 Å². The second-order valence-corrected chi connectivity index (χ2v) is 6.99. The maximum Gasteiger partial charge on any atom is 0.416 e. The number of aromatic amines is 1. The predicted molar refractivity (Wildman–Crippen MR) is 113 cm³/mol. The van der Waals surface area contributed by atoms with E-state index in [9.17, 15) is 23.1 Å². The molecule has 0 fully saturated rings. The number of fused-ring (bicyclic) bond motifs is 1. The molecule has 178 valence electrons. The van der Waals surface area contributed by atoms with Crippen LogP contribution in [0.4, 0.5) is 13.2 Å². The summed E-state index contributed by atoms with van der Waals surface area (Å²) >= 11 is 0. The van der Waals surface area contributed by atoms with Crippen LogP contribution in [0.1, 0.15) is 16.1 Å². The molecule has 0 aliphatic heterocycles. The van der Waals surface area contributed by atoms with E-state index in [4.69, 9.17) is 18.9 Å². The number of nitrogens with one attached hydrogen (secondary N) is 2. The first kappa shape index (κ1) is 24.1. The Morgan fingerprint density at radius 2 is 1.82 bits per heavy atom. The van der Waals surface area contributed by atoms with Gasteiger partial charge in [0.25, 0.3) is 5.91 Å². The standard InChI is InChI=1S/C22H23F3N2O6/c1-30-17-9-18(31-2)20(32-3)19-15(17)8-16(27-19)21(29)26-10-13(28)11-33-14-6-4-5-12(7-14)22(23,24)25/h4-9,13,27-28H,10-11H2,1-3H3,(H,26,29). The molecule has 2 aromatic carbocycles. The molecular formula is C22H23F3N2O6. The molecule has 0 aliphatic carbocycles. The van der Waals surface area contributed by atoms with Crippen molar-refractivity contribution in [3.05, 3.63) is 47.7 Å². The summed E-state index contributed by atoms with van der Waals surface area (Å²) in [4.78, 5) is 15.5. The summed E-state index contributed by atoms with van der Waals surface area (Å²) < 4.78 is 59.6. The van der Waals surface area contributed by atoms with Gasteiger partial charge in [-0.2, -0.15) is 13.2 Å². The minimum atomic E-state index is -4.50. The summed E-state index contributed by atoms with van der Waals surface area (Å²) in [5, 5.41) is 13.2. The fourth-order valence-electron chi connectivity index (χ4n) is 3.18. The number of hydrogen-bond donors (Lipinski definition) is 3. The fraction of sp³-hybridized carbons (Fsp3) is 0.318. The highest BCUT2D eigenvalue weighted by Gasteiger charge is 2.30. The number of hydrogen-bond acceptors (Lipinski definition) is 6. The van der Waals surface area contributed by atoms with Crippen LogP contribution < -0.4 is 24.3 Å². The van der Waals surface area contributed by atoms with Crippen LogP contribution >= 0.6 is 0 Å². The first-order chi connectivity index (χ1) is 15.7. The van der Waals surface area contributed by atoms with Crippen LogP contribution in [0.2, 0.25) is 0 Å². The van der Waals surface area contributed by atoms with Crippen molar-refractivity contribution in [1.29, 1.82) is 0 Å². The molecule has 11 heteroatoms. The Balaban J connectivity index is 1.65. The molecule has 3 rings (SSSR count). The molecule has 1 atom stereocenters. The first-order valence-corrected chi connectivity index (χ1v) is 9.76. The van der Waals surface area contributed by atoms with Crippen molar-refractivity contribution in [1.82, 2.24) is 10.3 Å². The smallest absolute Gasteiger partial charge is 0.416 e. The number of methoxy groups -OCH3 is 3. The lowest BCUT2D eigenvalue weighted by Gasteiger charge is -2.14. The Morgan fingerprint density at radius 1 is 1.09 bits per heavy atom. The Hall–Kier alpha value is -3.60. The Kier molecular flexibility index (Phi) is 7.22. The summed E-state index contributed by atoms with van der Waals surface area (Å²) in [7, 11) is 4.42. The van der Waals surface area contributed by atoms with Crippen LogP contribution in [-0.2, 0) is 6.18 Å². The third-order valence-corrected chi connectivity index (χ3v) is 4.79.